The molecule has 5 nitrogen and oxygen atoms in total. The zero-order valence-electron chi connectivity index (χ0n) is 21.1. The van der Waals surface area contributed by atoms with Crippen molar-refractivity contribution < 1.29 is 14.3 Å². The molecule has 2 aliphatic carbocycles. The van der Waals surface area contributed by atoms with E-state index >= 15 is 0 Å². The second-order valence-corrected chi connectivity index (χ2v) is 11.7. The van der Waals surface area contributed by atoms with Crippen LogP contribution in [0.4, 0.5) is 0 Å². The Balaban J connectivity index is 1.38. The van der Waals surface area contributed by atoms with Gasteiger partial charge in [-0.2, -0.15) is 0 Å². The van der Waals surface area contributed by atoms with Gasteiger partial charge in [0.05, 0.1) is 29.7 Å². The quantitative estimate of drug-likeness (QED) is 0.488. The summed E-state index contributed by atoms with van der Waals surface area (Å²) in [6.45, 7) is 3.31. The number of likely N-dealkylation sites (tertiary alicyclic amines) is 1. The third-order valence-electron chi connectivity index (χ3n) is 8.49. The maximum atomic E-state index is 13.1. The summed E-state index contributed by atoms with van der Waals surface area (Å²) in [6, 6.07) is 13.9. The molecule has 1 amide bonds. The first-order valence-electron chi connectivity index (χ1n) is 13.0. The highest BCUT2D eigenvalue weighted by atomic mass is 35.5. The van der Waals surface area contributed by atoms with Crippen molar-refractivity contribution in [1.29, 1.82) is 0 Å². The van der Waals surface area contributed by atoms with E-state index in [1.165, 1.54) is 24.9 Å². The molecule has 3 fully saturated rings. The lowest BCUT2D eigenvalue weighted by Gasteiger charge is -2.55. The Hall–Kier alpha value is -1.79. The highest BCUT2D eigenvalue weighted by molar-refractivity contribution is 6.42. The van der Waals surface area contributed by atoms with Crippen LogP contribution in [0.2, 0.25) is 10.0 Å². The van der Waals surface area contributed by atoms with Gasteiger partial charge in [-0.3, -0.25) is 4.79 Å². The van der Waals surface area contributed by atoms with Crippen molar-refractivity contribution in [3.63, 3.8) is 0 Å². The van der Waals surface area contributed by atoms with Crippen molar-refractivity contribution in [2.24, 2.45) is 11.8 Å². The predicted molar refractivity (Wildman–Crippen MR) is 144 cm³/mol. The molecular formula is C29H36Cl2N2O3. The molecule has 2 aromatic carbocycles. The van der Waals surface area contributed by atoms with Crippen LogP contribution in [-0.4, -0.2) is 56.8 Å². The summed E-state index contributed by atoms with van der Waals surface area (Å²) in [5.74, 6) is 2.11. The molecule has 36 heavy (non-hydrogen) atoms. The first-order chi connectivity index (χ1) is 17.4. The van der Waals surface area contributed by atoms with E-state index in [2.05, 4.69) is 28.4 Å². The van der Waals surface area contributed by atoms with Crippen LogP contribution in [-0.2, 0) is 21.4 Å². The number of methoxy groups -OCH3 is 2. The number of carbonyl (C=O) groups is 1. The molecule has 0 bridgehead atoms. The molecule has 4 atom stereocenters. The summed E-state index contributed by atoms with van der Waals surface area (Å²) in [4.78, 5) is 15.7. The van der Waals surface area contributed by atoms with Crippen molar-refractivity contribution in [1.82, 2.24) is 10.2 Å². The van der Waals surface area contributed by atoms with E-state index in [1.54, 1.807) is 19.2 Å². The van der Waals surface area contributed by atoms with Gasteiger partial charge in [0.15, 0.2) is 0 Å². The van der Waals surface area contributed by atoms with E-state index in [0.717, 1.165) is 49.6 Å². The van der Waals surface area contributed by atoms with Gasteiger partial charge >= 0.3 is 0 Å². The topological polar surface area (TPSA) is 50.8 Å². The minimum atomic E-state index is -0.0744. The van der Waals surface area contributed by atoms with E-state index in [9.17, 15) is 4.79 Å². The number of fused-ring (bicyclic) bond motifs is 1. The fourth-order valence-corrected chi connectivity index (χ4v) is 6.83. The number of hydrogen-bond acceptors (Lipinski definition) is 4. The number of amides is 1. The third-order valence-corrected chi connectivity index (χ3v) is 9.23. The van der Waals surface area contributed by atoms with Gasteiger partial charge in [-0.25, -0.2) is 0 Å². The summed E-state index contributed by atoms with van der Waals surface area (Å²) in [5, 5.41) is 4.30. The molecule has 7 heteroatoms. The third kappa shape index (κ3) is 5.55. The van der Waals surface area contributed by atoms with Crippen molar-refractivity contribution in [3.05, 3.63) is 63.6 Å². The number of benzene rings is 2. The Kier molecular flexibility index (Phi) is 7.83. The number of rotatable bonds is 8. The molecule has 1 aliphatic heterocycles. The summed E-state index contributed by atoms with van der Waals surface area (Å²) in [7, 11) is 3.54. The molecule has 0 spiro atoms. The fourth-order valence-electron chi connectivity index (χ4n) is 6.51. The molecule has 1 saturated heterocycles. The van der Waals surface area contributed by atoms with Crippen molar-refractivity contribution in [2.75, 3.05) is 33.9 Å². The minimum absolute atomic E-state index is 0.00125. The van der Waals surface area contributed by atoms with E-state index in [1.807, 2.05) is 19.2 Å². The van der Waals surface area contributed by atoms with Crippen LogP contribution in [0.25, 0.3) is 0 Å². The lowest BCUT2D eigenvalue weighted by Crippen LogP contribution is -2.61. The summed E-state index contributed by atoms with van der Waals surface area (Å²) < 4.78 is 11.8. The van der Waals surface area contributed by atoms with Crippen molar-refractivity contribution in [2.45, 2.75) is 56.1 Å². The molecule has 1 unspecified atom stereocenters. The average molecular weight is 532 g/mol. The number of carbonyl (C=O) groups excluding carboxylic acids is 1. The SMILES string of the molecule is COc1cccc([C@@]23CCN(CC4CC4)C[C@H]2C(OC)C[C@@H](NC(=O)Cc2ccc(Cl)c(Cl)c2)C3)c1. The Morgan fingerprint density at radius 3 is 2.69 bits per heavy atom. The lowest BCUT2D eigenvalue weighted by molar-refractivity contribution is -0.123. The second kappa shape index (κ2) is 10.9. The summed E-state index contributed by atoms with van der Waals surface area (Å²) in [5.41, 5.74) is 2.08. The Labute approximate surface area is 224 Å². The van der Waals surface area contributed by atoms with Crippen LogP contribution < -0.4 is 10.1 Å². The predicted octanol–water partition coefficient (Wildman–Crippen LogP) is 5.51. The van der Waals surface area contributed by atoms with E-state index < -0.39 is 0 Å². The monoisotopic (exact) mass is 530 g/mol. The van der Waals surface area contributed by atoms with Crippen LogP contribution in [0.5, 0.6) is 5.75 Å². The Morgan fingerprint density at radius 1 is 1.14 bits per heavy atom. The zero-order valence-corrected chi connectivity index (χ0v) is 22.7. The smallest absolute Gasteiger partial charge is 0.224 e. The number of ether oxygens (including phenoxy) is 2. The number of hydrogen-bond donors (Lipinski definition) is 1. The minimum Gasteiger partial charge on any atom is -0.497 e. The maximum absolute atomic E-state index is 13.1. The van der Waals surface area contributed by atoms with Crippen LogP contribution in [0.3, 0.4) is 0 Å². The molecule has 3 aliphatic rings. The van der Waals surface area contributed by atoms with Gasteiger partial charge in [0.25, 0.3) is 0 Å². The lowest BCUT2D eigenvalue weighted by atomic mass is 9.57. The van der Waals surface area contributed by atoms with Gasteiger partial charge in [-0.05, 0) is 80.0 Å². The average Bonchev–Trinajstić information content (AvgIpc) is 3.70. The van der Waals surface area contributed by atoms with Crippen molar-refractivity contribution in [3.8, 4) is 5.75 Å². The number of nitrogens with one attached hydrogen (secondary N) is 1. The van der Waals surface area contributed by atoms with Crippen LogP contribution in [0.1, 0.15) is 43.2 Å². The molecule has 1 heterocycles. The second-order valence-electron chi connectivity index (χ2n) is 10.9. The first kappa shape index (κ1) is 25.8. The molecular weight excluding hydrogens is 495 g/mol. The van der Waals surface area contributed by atoms with Crippen LogP contribution in [0, 0.1) is 11.8 Å². The summed E-state index contributed by atoms with van der Waals surface area (Å²) in [6.07, 6.45) is 5.84. The molecule has 2 saturated carbocycles. The number of piperidine rings is 1. The molecule has 1 N–H and O–H groups in total. The van der Waals surface area contributed by atoms with Gasteiger partial charge in [0, 0.05) is 37.6 Å². The molecule has 2 aromatic rings. The van der Waals surface area contributed by atoms with E-state index in [-0.39, 0.29) is 29.9 Å². The number of halogens is 2. The van der Waals surface area contributed by atoms with Gasteiger partial charge in [-0.15, -0.1) is 0 Å². The Morgan fingerprint density at radius 2 is 1.97 bits per heavy atom. The first-order valence-corrected chi connectivity index (χ1v) is 13.8. The van der Waals surface area contributed by atoms with Gasteiger partial charge < -0.3 is 19.7 Å². The molecule has 5 rings (SSSR count). The van der Waals surface area contributed by atoms with Crippen LogP contribution >= 0.6 is 23.2 Å². The molecule has 0 aromatic heterocycles. The van der Waals surface area contributed by atoms with Gasteiger partial charge in [0.2, 0.25) is 5.91 Å². The van der Waals surface area contributed by atoms with Crippen molar-refractivity contribution >= 4 is 29.1 Å². The maximum Gasteiger partial charge on any atom is 0.224 e. The highest BCUT2D eigenvalue weighted by Crippen LogP contribution is 2.51. The summed E-state index contributed by atoms with van der Waals surface area (Å²) >= 11 is 12.2. The van der Waals surface area contributed by atoms with E-state index in [0.29, 0.717) is 16.0 Å². The van der Waals surface area contributed by atoms with E-state index in [4.69, 9.17) is 32.7 Å². The normalized spacial score (nSPS) is 28.4. The highest BCUT2D eigenvalue weighted by Gasteiger charge is 2.53. The molecule has 194 valence electrons. The molecule has 0 radical (unpaired) electrons. The largest absolute Gasteiger partial charge is 0.497 e. The van der Waals surface area contributed by atoms with Gasteiger partial charge in [0.1, 0.15) is 5.75 Å². The zero-order chi connectivity index (χ0) is 25.3. The Bertz CT molecular complexity index is 1090. The van der Waals surface area contributed by atoms with Gasteiger partial charge in [-0.1, -0.05) is 41.4 Å². The fraction of sp³-hybridized carbons (Fsp3) is 0.552. The standard InChI is InChI=1S/C29H36Cl2N2O3/c1-35-23-5-3-4-21(14-23)29-10-11-33(17-19-6-7-19)18-24(29)27(36-2)15-22(16-29)32-28(34)13-20-8-9-25(30)26(31)12-20/h3-5,8-9,12,14,19,22,24,27H,6-7,10-11,13,15-18H2,1-2H3,(H,32,34)/t22-,24+,27?,29+/m1/s1. The number of nitrogens with zero attached hydrogens (tertiary/aromatic N) is 1. The van der Waals surface area contributed by atoms with Crippen LogP contribution in [0.15, 0.2) is 42.5 Å².